The zero-order valence-corrected chi connectivity index (χ0v) is 13.4. The summed E-state index contributed by atoms with van der Waals surface area (Å²) in [5.41, 5.74) is 2.16. The van der Waals surface area contributed by atoms with Crippen molar-refractivity contribution in [1.82, 2.24) is 0 Å². The van der Waals surface area contributed by atoms with Gasteiger partial charge in [-0.2, -0.15) is 0 Å². The van der Waals surface area contributed by atoms with Crippen LogP contribution in [-0.2, 0) is 0 Å². The van der Waals surface area contributed by atoms with E-state index in [1.807, 2.05) is 30.3 Å². The van der Waals surface area contributed by atoms with Crippen molar-refractivity contribution in [1.29, 1.82) is 0 Å². The fraction of sp³-hybridized carbons (Fsp3) is 0. The van der Waals surface area contributed by atoms with Crippen LogP contribution in [-0.4, -0.2) is 0 Å². The van der Waals surface area contributed by atoms with Crippen molar-refractivity contribution in [2.24, 2.45) is 0 Å². The highest BCUT2D eigenvalue weighted by Crippen LogP contribution is 2.19. The minimum Gasteiger partial charge on any atom is -0.0622 e. The maximum absolute atomic E-state index is 3.30. The van der Waals surface area contributed by atoms with E-state index in [4.69, 9.17) is 0 Å². The molecule has 1 heteroatoms. The number of fused-ring (bicyclic) bond motifs is 2. The van der Waals surface area contributed by atoms with Crippen molar-refractivity contribution in [3.63, 3.8) is 0 Å². The molecule has 0 bridgehead atoms. The highest BCUT2D eigenvalue weighted by Gasteiger charge is 2.05. The van der Waals surface area contributed by atoms with Crippen LogP contribution in [0.15, 0.2) is 66.7 Å². The van der Waals surface area contributed by atoms with E-state index < -0.39 is 0 Å². The molecule has 0 fully saturated rings. The first-order valence-electron chi connectivity index (χ1n) is 6.83. The van der Waals surface area contributed by atoms with Crippen molar-refractivity contribution in [3.05, 3.63) is 102 Å². The summed E-state index contributed by atoms with van der Waals surface area (Å²) < 4.78 is 1.21. The van der Waals surface area contributed by atoms with Crippen LogP contribution < -0.4 is 0 Å². The van der Waals surface area contributed by atoms with Gasteiger partial charge in [0.15, 0.2) is 0 Å². The minimum absolute atomic E-state index is 1.05. The normalized spacial score (nSPS) is 10.7. The Morgan fingerprint density at radius 2 is 1.24 bits per heavy atom. The van der Waals surface area contributed by atoms with Gasteiger partial charge in [0.25, 0.3) is 0 Å². The zero-order valence-electron chi connectivity index (χ0n) is 11.2. The van der Waals surface area contributed by atoms with E-state index in [0.717, 1.165) is 11.1 Å². The molecule has 0 radical (unpaired) electrons. The lowest BCUT2D eigenvalue weighted by atomic mass is 9.99. The van der Waals surface area contributed by atoms with Gasteiger partial charge >= 0.3 is 0 Å². The Balaban J connectivity index is 1.89. The van der Waals surface area contributed by atoms with Crippen molar-refractivity contribution < 1.29 is 0 Å². The molecule has 0 atom stereocenters. The van der Waals surface area contributed by atoms with Crippen LogP contribution in [0.3, 0.4) is 0 Å². The molecule has 0 saturated heterocycles. The average molecular weight is 378 g/mol. The molecule has 3 aromatic carbocycles. The second-order valence-corrected chi connectivity index (χ2v) is 6.20. The fourth-order valence-corrected chi connectivity index (χ4v) is 3.27. The molecule has 0 saturated carbocycles. The standard InChI is InChI=1S/C20H11I/c21-20-13-19-17-9-5-4-8-16(17)18(19)12-15(20)11-10-14-6-2-1-3-7-14/h1-9,12-13H. The summed E-state index contributed by atoms with van der Waals surface area (Å²) in [4.78, 5) is 0. The average Bonchev–Trinajstić information content (AvgIpc) is 2.53. The molecule has 1 aliphatic rings. The highest BCUT2D eigenvalue weighted by molar-refractivity contribution is 14.1. The van der Waals surface area contributed by atoms with Gasteiger partial charge in [-0.1, -0.05) is 54.3 Å². The number of hydrogen-bond donors (Lipinski definition) is 0. The molecule has 0 aromatic heterocycles. The van der Waals surface area contributed by atoms with Gasteiger partial charge in [0.1, 0.15) is 0 Å². The summed E-state index contributed by atoms with van der Waals surface area (Å²) in [5.74, 6) is 6.55. The molecule has 0 aliphatic heterocycles. The molecule has 3 aromatic rings. The van der Waals surface area contributed by atoms with E-state index in [9.17, 15) is 0 Å². The van der Waals surface area contributed by atoms with Crippen molar-refractivity contribution in [3.8, 4) is 11.8 Å². The van der Waals surface area contributed by atoms with Crippen LogP contribution >= 0.6 is 22.6 Å². The molecule has 98 valence electrons. The van der Waals surface area contributed by atoms with Gasteiger partial charge in [-0.25, -0.2) is 0 Å². The minimum atomic E-state index is 1.05. The van der Waals surface area contributed by atoms with Crippen LogP contribution in [0.5, 0.6) is 0 Å². The molecule has 0 unspecified atom stereocenters. The van der Waals surface area contributed by atoms with Gasteiger partial charge in [0.05, 0.1) is 0 Å². The van der Waals surface area contributed by atoms with Crippen LogP contribution in [0, 0.1) is 36.3 Å². The quantitative estimate of drug-likeness (QED) is 0.311. The number of halogens is 1. The van der Waals surface area contributed by atoms with Gasteiger partial charge in [-0.05, 0) is 67.7 Å². The van der Waals surface area contributed by atoms with Gasteiger partial charge in [-0.3, -0.25) is 0 Å². The first-order chi connectivity index (χ1) is 10.3. The van der Waals surface area contributed by atoms with Crippen LogP contribution in [0.2, 0.25) is 0 Å². The van der Waals surface area contributed by atoms with E-state index in [1.54, 1.807) is 0 Å². The second kappa shape index (κ2) is 5.05. The second-order valence-electron chi connectivity index (χ2n) is 5.04. The van der Waals surface area contributed by atoms with Gasteiger partial charge in [0, 0.05) is 14.7 Å². The first-order valence-corrected chi connectivity index (χ1v) is 7.91. The van der Waals surface area contributed by atoms with Crippen molar-refractivity contribution in [2.45, 2.75) is 0 Å². The lowest BCUT2D eigenvalue weighted by Gasteiger charge is -2.06. The Bertz CT molecular complexity index is 1080. The summed E-state index contributed by atoms with van der Waals surface area (Å²) in [5, 5.41) is 5.36. The summed E-state index contributed by atoms with van der Waals surface area (Å²) in [7, 11) is 0. The maximum atomic E-state index is 3.30. The molecular formula is C20H11I. The lowest BCUT2D eigenvalue weighted by Crippen LogP contribution is -1.94. The Hall–Kier alpha value is -2.05. The molecule has 0 N–H and O–H groups in total. The third-order valence-electron chi connectivity index (χ3n) is 3.73. The topological polar surface area (TPSA) is 0 Å². The molecule has 0 amide bonds. The maximum Gasteiger partial charge on any atom is 0.0389 e. The van der Waals surface area contributed by atoms with Crippen LogP contribution in [0.25, 0.3) is 0 Å². The van der Waals surface area contributed by atoms with Gasteiger partial charge < -0.3 is 0 Å². The van der Waals surface area contributed by atoms with E-state index >= 15 is 0 Å². The first kappa shape index (κ1) is 12.7. The third kappa shape index (κ3) is 2.16. The van der Waals surface area contributed by atoms with Gasteiger partial charge in [0.2, 0.25) is 0 Å². The predicted molar refractivity (Wildman–Crippen MR) is 93.4 cm³/mol. The lowest BCUT2D eigenvalue weighted by molar-refractivity contribution is 1.27. The molecular weight excluding hydrogens is 367 g/mol. The van der Waals surface area contributed by atoms with Crippen LogP contribution in [0.4, 0.5) is 0 Å². The Morgan fingerprint density at radius 1 is 0.619 bits per heavy atom. The number of rotatable bonds is 0. The molecule has 0 spiro atoms. The van der Waals surface area contributed by atoms with E-state index in [2.05, 4.69) is 70.8 Å². The third-order valence-corrected chi connectivity index (χ3v) is 4.62. The van der Waals surface area contributed by atoms with Crippen LogP contribution in [0.1, 0.15) is 11.1 Å². The summed E-state index contributed by atoms with van der Waals surface area (Å²) >= 11 is 2.38. The molecule has 4 rings (SSSR count). The largest absolute Gasteiger partial charge is 0.0622 e. The SMILES string of the molecule is Ic1cc2c(cc1C#Cc1ccccc1)=c1ccccc1=2. The summed E-state index contributed by atoms with van der Waals surface area (Å²) in [6, 6.07) is 23.1. The molecule has 21 heavy (non-hydrogen) atoms. The Kier molecular flexibility index (Phi) is 3.05. The van der Waals surface area contributed by atoms with E-state index in [1.165, 1.54) is 24.4 Å². The van der Waals surface area contributed by atoms with E-state index in [0.29, 0.717) is 0 Å². The van der Waals surface area contributed by atoms with Gasteiger partial charge in [-0.15, -0.1) is 0 Å². The molecule has 0 heterocycles. The molecule has 0 nitrogen and oxygen atoms in total. The summed E-state index contributed by atoms with van der Waals surface area (Å²) in [6.45, 7) is 0. The van der Waals surface area contributed by atoms with E-state index in [-0.39, 0.29) is 0 Å². The zero-order chi connectivity index (χ0) is 14.2. The Labute approximate surface area is 136 Å². The van der Waals surface area contributed by atoms with Crippen molar-refractivity contribution in [2.75, 3.05) is 0 Å². The highest BCUT2D eigenvalue weighted by atomic mass is 127. The molecule has 1 aliphatic carbocycles. The smallest absolute Gasteiger partial charge is 0.0389 e. The number of benzene rings is 3. The fourth-order valence-electron chi connectivity index (χ4n) is 2.67. The summed E-state index contributed by atoms with van der Waals surface area (Å²) in [6.07, 6.45) is 0. The Morgan fingerprint density at radius 3 is 1.95 bits per heavy atom. The van der Waals surface area contributed by atoms with Crippen molar-refractivity contribution >= 4 is 22.6 Å². The monoisotopic (exact) mass is 378 g/mol. The predicted octanol–water partition coefficient (Wildman–Crippen LogP) is 4.58. The number of hydrogen-bond acceptors (Lipinski definition) is 0.